The summed E-state index contributed by atoms with van der Waals surface area (Å²) < 4.78 is 0. The Hall–Kier alpha value is -2.30. The van der Waals surface area contributed by atoms with E-state index in [4.69, 9.17) is 5.11 Å². The smallest absolute Gasteiger partial charge is 0.305 e. The SMILES string of the molecule is C=CCC(=O)NC1=CC=CC2=C3NC(CC(=O)O)CCC3CCC12. The van der Waals surface area contributed by atoms with Crippen LogP contribution in [0, 0.1) is 11.8 Å². The number of amides is 1. The average Bonchev–Trinajstić information content (AvgIpc) is 2.54. The van der Waals surface area contributed by atoms with E-state index in [0.717, 1.165) is 31.4 Å². The fraction of sp³-hybridized carbons (Fsp3) is 0.474. The number of hydrogen-bond donors (Lipinski definition) is 3. The summed E-state index contributed by atoms with van der Waals surface area (Å²) in [6, 6.07) is -0.00175. The number of fused-ring (bicyclic) bond motifs is 2. The summed E-state index contributed by atoms with van der Waals surface area (Å²) >= 11 is 0. The molecule has 1 heterocycles. The molecule has 3 rings (SSSR count). The zero-order valence-corrected chi connectivity index (χ0v) is 13.8. The number of piperidine rings is 1. The average molecular weight is 328 g/mol. The molecule has 1 saturated heterocycles. The van der Waals surface area contributed by atoms with Crippen LogP contribution in [0.5, 0.6) is 0 Å². The highest BCUT2D eigenvalue weighted by molar-refractivity contribution is 5.79. The molecule has 3 atom stereocenters. The molecule has 3 aliphatic rings. The number of carboxylic acids is 1. The van der Waals surface area contributed by atoms with E-state index in [2.05, 4.69) is 23.3 Å². The van der Waals surface area contributed by atoms with Crippen molar-refractivity contribution in [3.05, 3.63) is 47.9 Å². The van der Waals surface area contributed by atoms with Crippen molar-refractivity contribution in [2.24, 2.45) is 11.8 Å². The van der Waals surface area contributed by atoms with Crippen molar-refractivity contribution < 1.29 is 14.7 Å². The Kier molecular flexibility index (Phi) is 4.88. The Morgan fingerprint density at radius 2 is 2.12 bits per heavy atom. The molecule has 0 aromatic rings. The number of hydrogen-bond acceptors (Lipinski definition) is 3. The Morgan fingerprint density at radius 3 is 2.88 bits per heavy atom. The van der Waals surface area contributed by atoms with E-state index in [1.807, 2.05) is 12.2 Å². The van der Waals surface area contributed by atoms with E-state index < -0.39 is 5.97 Å². The van der Waals surface area contributed by atoms with Crippen molar-refractivity contribution in [1.82, 2.24) is 10.6 Å². The zero-order chi connectivity index (χ0) is 17.1. The summed E-state index contributed by atoms with van der Waals surface area (Å²) in [6.07, 6.45) is 12.1. The topological polar surface area (TPSA) is 78.4 Å². The minimum Gasteiger partial charge on any atom is -0.481 e. The highest BCUT2D eigenvalue weighted by atomic mass is 16.4. The van der Waals surface area contributed by atoms with Crippen LogP contribution < -0.4 is 10.6 Å². The Morgan fingerprint density at radius 1 is 1.33 bits per heavy atom. The monoisotopic (exact) mass is 328 g/mol. The second-order valence-corrected chi connectivity index (χ2v) is 6.73. The third-order valence-corrected chi connectivity index (χ3v) is 5.08. The molecule has 3 unspecified atom stereocenters. The molecular weight excluding hydrogens is 304 g/mol. The second kappa shape index (κ2) is 7.07. The number of carbonyl (C=O) groups is 2. The standard InChI is InChI=1S/C19H24N2O3/c1-2-4-17(22)21-16-6-3-5-15-14(16)10-8-12-7-9-13(11-18(23)24)20-19(12)15/h2-3,5-6,12-14,20H,1,4,7-11H2,(H,21,22)(H,23,24). The van der Waals surface area contributed by atoms with E-state index in [9.17, 15) is 9.59 Å². The highest BCUT2D eigenvalue weighted by Gasteiger charge is 2.36. The van der Waals surface area contributed by atoms with Crippen LogP contribution in [0.2, 0.25) is 0 Å². The summed E-state index contributed by atoms with van der Waals surface area (Å²) in [7, 11) is 0. The first-order valence-electron chi connectivity index (χ1n) is 8.60. The van der Waals surface area contributed by atoms with Crippen LogP contribution in [0.4, 0.5) is 0 Å². The Balaban J connectivity index is 1.80. The number of carbonyl (C=O) groups excluding carboxylic acids is 1. The summed E-state index contributed by atoms with van der Waals surface area (Å²) in [5.41, 5.74) is 3.33. The van der Waals surface area contributed by atoms with Gasteiger partial charge in [-0.3, -0.25) is 9.59 Å². The van der Waals surface area contributed by atoms with Crippen LogP contribution in [0.1, 0.15) is 38.5 Å². The first-order chi connectivity index (χ1) is 11.6. The van der Waals surface area contributed by atoms with Crippen molar-refractivity contribution in [3.8, 4) is 0 Å². The molecular formula is C19H24N2O3. The molecule has 0 spiro atoms. The minimum atomic E-state index is -0.764. The first kappa shape index (κ1) is 16.6. The molecule has 5 nitrogen and oxygen atoms in total. The maximum Gasteiger partial charge on any atom is 0.305 e. The van der Waals surface area contributed by atoms with Crippen LogP contribution in [-0.4, -0.2) is 23.0 Å². The second-order valence-electron chi connectivity index (χ2n) is 6.73. The molecule has 0 aromatic heterocycles. The molecule has 0 aromatic carbocycles. The first-order valence-corrected chi connectivity index (χ1v) is 8.60. The van der Waals surface area contributed by atoms with Crippen molar-refractivity contribution in [3.63, 3.8) is 0 Å². The van der Waals surface area contributed by atoms with Gasteiger partial charge in [-0.2, -0.15) is 0 Å². The Bertz CT molecular complexity index is 645. The molecule has 2 aliphatic carbocycles. The number of aliphatic carboxylic acids is 1. The van der Waals surface area contributed by atoms with Crippen LogP contribution in [0.25, 0.3) is 0 Å². The lowest BCUT2D eigenvalue weighted by molar-refractivity contribution is -0.137. The molecule has 128 valence electrons. The van der Waals surface area contributed by atoms with Gasteiger partial charge in [-0.1, -0.05) is 18.2 Å². The molecule has 24 heavy (non-hydrogen) atoms. The van der Waals surface area contributed by atoms with Gasteiger partial charge in [0.1, 0.15) is 0 Å². The normalized spacial score (nSPS) is 28.2. The van der Waals surface area contributed by atoms with Crippen molar-refractivity contribution in [2.75, 3.05) is 0 Å². The van der Waals surface area contributed by atoms with E-state index >= 15 is 0 Å². The third kappa shape index (κ3) is 3.45. The molecule has 1 fully saturated rings. The maximum absolute atomic E-state index is 11.9. The van der Waals surface area contributed by atoms with Crippen LogP contribution >= 0.6 is 0 Å². The molecule has 1 aliphatic heterocycles. The molecule has 0 bridgehead atoms. The van der Waals surface area contributed by atoms with Gasteiger partial charge in [0.25, 0.3) is 0 Å². The molecule has 3 N–H and O–H groups in total. The fourth-order valence-corrected chi connectivity index (χ4v) is 4.01. The van der Waals surface area contributed by atoms with E-state index in [1.165, 1.54) is 11.3 Å². The van der Waals surface area contributed by atoms with Crippen molar-refractivity contribution in [2.45, 2.75) is 44.6 Å². The van der Waals surface area contributed by atoms with E-state index in [-0.39, 0.29) is 24.3 Å². The number of nitrogens with one attached hydrogen (secondary N) is 2. The number of allylic oxidation sites excluding steroid dienone is 5. The van der Waals surface area contributed by atoms with E-state index in [0.29, 0.717) is 12.3 Å². The Labute approximate surface area is 142 Å². The predicted octanol–water partition coefficient (Wildman–Crippen LogP) is 2.64. The predicted molar refractivity (Wildman–Crippen MR) is 91.8 cm³/mol. The molecule has 0 radical (unpaired) electrons. The van der Waals surface area contributed by atoms with Crippen LogP contribution in [-0.2, 0) is 9.59 Å². The summed E-state index contributed by atoms with van der Waals surface area (Å²) in [4.78, 5) is 22.9. The summed E-state index contributed by atoms with van der Waals surface area (Å²) in [5.74, 6) is -0.140. The lowest BCUT2D eigenvalue weighted by Crippen LogP contribution is -2.42. The van der Waals surface area contributed by atoms with Gasteiger partial charge in [0.15, 0.2) is 0 Å². The largest absolute Gasteiger partial charge is 0.481 e. The number of rotatable bonds is 5. The van der Waals surface area contributed by atoms with Gasteiger partial charge >= 0.3 is 5.97 Å². The maximum atomic E-state index is 11.9. The third-order valence-electron chi connectivity index (χ3n) is 5.08. The number of carboxylic acid groups (broad SMARTS) is 1. The minimum absolute atomic E-state index is 0.00175. The quantitative estimate of drug-likeness (QED) is 0.678. The zero-order valence-electron chi connectivity index (χ0n) is 13.8. The summed E-state index contributed by atoms with van der Waals surface area (Å²) in [5, 5.41) is 15.5. The molecule has 1 amide bonds. The van der Waals surface area contributed by atoms with Gasteiger partial charge in [-0.05, 0) is 43.3 Å². The van der Waals surface area contributed by atoms with Gasteiger partial charge in [0, 0.05) is 29.8 Å². The summed E-state index contributed by atoms with van der Waals surface area (Å²) in [6.45, 7) is 3.60. The van der Waals surface area contributed by atoms with Crippen molar-refractivity contribution >= 4 is 11.9 Å². The van der Waals surface area contributed by atoms with Gasteiger partial charge in [0.2, 0.25) is 5.91 Å². The molecule has 0 saturated carbocycles. The van der Waals surface area contributed by atoms with Gasteiger partial charge in [-0.25, -0.2) is 0 Å². The van der Waals surface area contributed by atoms with Gasteiger partial charge < -0.3 is 15.7 Å². The highest BCUT2D eigenvalue weighted by Crippen LogP contribution is 2.42. The fourth-order valence-electron chi connectivity index (χ4n) is 4.01. The molecule has 5 heteroatoms. The van der Waals surface area contributed by atoms with E-state index in [1.54, 1.807) is 6.08 Å². The lowest BCUT2D eigenvalue weighted by atomic mass is 9.72. The van der Waals surface area contributed by atoms with Gasteiger partial charge in [0.05, 0.1) is 6.42 Å². The lowest BCUT2D eigenvalue weighted by Gasteiger charge is -2.41. The van der Waals surface area contributed by atoms with Crippen LogP contribution in [0.3, 0.4) is 0 Å². The van der Waals surface area contributed by atoms with Gasteiger partial charge in [-0.15, -0.1) is 6.58 Å². The van der Waals surface area contributed by atoms with Crippen molar-refractivity contribution in [1.29, 1.82) is 0 Å². The van der Waals surface area contributed by atoms with Crippen LogP contribution in [0.15, 0.2) is 47.9 Å².